The van der Waals surface area contributed by atoms with Crippen molar-refractivity contribution in [2.24, 2.45) is 0 Å². The molecule has 0 bridgehead atoms. The molecule has 0 N–H and O–H groups in total. The van der Waals surface area contributed by atoms with Gasteiger partial charge in [-0.05, 0) is 5.75 Å². The summed E-state index contributed by atoms with van der Waals surface area (Å²) in [7, 11) is -11.6. The highest BCUT2D eigenvalue weighted by molar-refractivity contribution is 8.46. The van der Waals surface area contributed by atoms with Crippen LogP contribution in [0.2, 0.25) is 0 Å². The minimum absolute atomic E-state index is 1.09. The summed E-state index contributed by atoms with van der Waals surface area (Å²) < 4.78 is 106. The van der Waals surface area contributed by atoms with Crippen molar-refractivity contribution in [2.75, 3.05) is 5.75 Å². The van der Waals surface area contributed by atoms with E-state index in [1.54, 1.807) is 0 Å². The Balaban J connectivity index is 5.54. The minimum atomic E-state index is -11.6. The molecule has 0 aliphatic heterocycles. The van der Waals surface area contributed by atoms with Gasteiger partial charge in [0, 0.05) is 6.42 Å². The van der Waals surface area contributed by atoms with Gasteiger partial charge in [0.2, 0.25) is 0 Å². The van der Waals surface area contributed by atoms with E-state index < -0.39 is 33.6 Å². The van der Waals surface area contributed by atoms with Gasteiger partial charge in [-0.3, -0.25) is 0 Å². The SMILES string of the molecule is FC(F)(CCS)C(F)(F)S(F)(F)(F)(F)F. The Morgan fingerprint density at radius 3 is 1.40 bits per heavy atom. The number of hydrogen-bond donors (Lipinski definition) is 1. The van der Waals surface area contributed by atoms with Gasteiger partial charge in [0.25, 0.3) is 0 Å². The van der Waals surface area contributed by atoms with Crippen molar-refractivity contribution < 1.29 is 37.0 Å². The lowest BCUT2D eigenvalue weighted by Crippen LogP contribution is -2.49. The smallest absolute Gasteiger partial charge is 0.198 e. The van der Waals surface area contributed by atoms with Gasteiger partial charge in [-0.2, -0.15) is 30.2 Å². The first-order valence-corrected chi connectivity index (χ1v) is 5.74. The zero-order valence-electron chi connectivity index (χ0n) is 6.67. The largest absolute Gasteiger partial charge is 0.443 e. The molecule has 0 aromatic rings. The molecular formula is C4H5F9S2. The average molecular weight is 288 g/mol. The molecule has 0 heterocycles. The predicted octanol–water partition coefficient (Wildman–Crippen LogP) is 4.83. The maximum Gasteiger partial charge on any atom is 0.443 e. The van der Waals surface area contributed by atoms with E-state index >= 15 is 0 Å². The van der Waals surface area contributed by atoms with Crippen molar-refractivity contribution in [3.05, 3.63) is 0 Å². The second kappa shape index (κ2) is 2.84. The molecule has 0 rings (SSSR count). The summed E-state index contributed by atoms with van der Waals surface area (Å²) in [5.41, 5.74) is 0. The number of hydrogen-bond acceptors (Lipinski definition) is 1. The fourth-order valence-corrected chi connectivity index (χ4v) is 1.52. The molecule has 0 amide bonds. The van der Waals surface area contributed by atoms with Crippen LogP contribution in [0.1, 0.15) is 6.42 Å². The van der Waals surface area contributed by atoms with E-state index in [1.165, 1.54) is 0 Å². The molecule has 0 saturated carbocycles. The maximum absolute atomic E-state index is 12.2. The Kier molecular flexibility index (Phi) is 2.86. The quantitative estimate of drug-likeness (QED) is 0.555. The lowest BCUT2D eigenvalue weighted by Gasteiger charge is -2.48. The van der Waals surface area contributed by atoms with Crippen LogP contribution in [0.15, 0.2) is 0 Å². The third kappa shape index (κ3) is 2.60. The molecule has 0 nitrogen and oxygen atoms in total. The third-order valence-electron chi connectivity index (χ3n) is 1.34. The van der Waals surface area contributed by atoms with Crippen LogP contribution in [0.4, 0.5) is 37.0 Å². The van der Waals surface area contributed by atoms with Crippen LogP contribution in [-0.2, 0) is 0 Å². The van der Waals surface area contributed by atoms with Crippen LogP contribution < -0.4 is 0 Å². The van der Waals surface area contributed by atoms with Gasteiger partial charge in [0.05, 0.1) is 0 Å². The van der Waals surface area contributed by atoms with Crippen molar-refractivity contribution in [1.29, 1.82) is 0 Å². The summed E-state index contributed by atoms with van der Waals surface area (Å²) in [6.45, 7) is 0. The molecule has 15 heavy (non-hydrogen) atoms. The van der Waals surface area contributed by atoms with Crippen LogP contribution in [0.5, 0.6) is 0 Å². The number of alkyl halides is 4. The molecule has 0 fully saturated rings. The predicted molar refractivity (Wildman–Crippen MR) is 41.5 cm³/mol. The monoisotopic (exact) mass is 288 g/mol. The molecule has 0 atom stereocenters. The fourth-order valence-electron chi connectivity index (χ4n) is 0.568. The van der Waals surface area contributed by atoms with Crippen molar-refractivity contribution in [1.82, 2.24) is 0 Å². The fraction of sp³-hybridized carbons (Fsp3) is 1.00. The second-order valence-electron chi connectivity index (χ2n) is 2.66. The first-order valence-electron chi connectivity index (χ1n) is 3.15. The molecule has 0 aliphatic carbocycles. The maximum atomic E-state index is 12.2. The topological polar surface area (TPSA) is 0 Å². The summed E-state index contributed by atoms with van der Waals surface area (Å²) in [4.78, 5) is 0. The summed E-state index contributed by atoms with van der Waals surface area (Å²) >= 11 is 2.98. The van der Waals surface area contributed by atoms with E-state index in [4.69, 9.17) is 0 Å². The first kappa shape index (κ1) is 15.1. The van der Waals surface area contributed by atoms with Crippen molar-refractivity contribution in [3.63, 3.8) is 0 Å². The second-order valence-corrected chi connectivity index (χ2v) is 5.56. The first-order chi connectivity index (χ1) is 6.06. The van der Waals surface area contributed by atoms with Crippen LogP contribution in [0.3, 0.4) is 0 Å². The van der Waals surface area contributed by atoms with Gasteiger partial charge < -0.3 is 0 Å². The Morgan fingerprint density at radius 2 is 1.20 bits per heavy atom. The van der Waals surface area contributed by atoms with Gasteiger partial charge in [-0.25, -0.2) is 0 Å². The molecule has 0 aliphatic rings. The van der Waals surface area contributed by atoms with Gasteiger partial charge in [-0.1, -0.05) is 19.4 Å². The molecule has 0 radical (unpaired) electrons. The molecule has 96 valence electrons. The third-order valence-corrected chi connectivity index (χ3v) is 2.83. The number of halogens is 9. The van der Waals surface area contributed by atoms with Gasteiger partial charge in [0.1, 0.15) is 0 Å². The van der Waals surface area contributed by atoms with E-state index in [1.807, 2.05) is 0 Å². The lowest BCUT2D eigenvalue weighted by molar-refractivity contribution is -0.174. The molecule has 0 saturated heterocycles. The molecule has 0 aromatic carbocycles. The normalized spacial score (nSPS) is 19.6. The molecule has 11 heteroatoms. The zero-order valence-corrected chi connectivity index (χ0v) is 8.38. The number of rotatable bonds is 4. The average Bonchev–Trinajstić information content (AvgIpc) is 1.80. The van der Waals surface area contributed by atoms with Crippen LogP contribution >= 0.6 is 22.9 Å². The van der Waals surface area contributed by atoms with Gasteiger partial charge >= 0.3 is 21.4 Å². The van der Waals surface area contributed by atoms with E-state index in [2.05, 4.69) is 12.6 Å². The Morgan fingerprint density at radius 1 is 0.867 bits per heavy atom. The highest BCUT2D eigenvalue weighted by atomic mass is 32.5. The van der Waals surface area contributed by atoms with Gasteiger partial charge in [-0.15, -0.1) is 0 Å². The summed E-state index contributed by atoms with van der Waals surface area (Å²) in [5.74, 6) is -6.96. The van der Waals surface area contributed by atoms with Crippen molar-refractivity contribution >= 4 is 22.9 Å². The van der Waals surface area contributed by atoms with Crippen molar-refractivity contribution in [2.45, 2.75) is 17.6 Å². The Bertz CT molecular complexity index is 249. The van der Waals surface area contributed by atoms with E-state index in [9.17, 15) is 37.0 Å². The summed E-state index contributed by atoms with van der Waals surface area (Å²) in [6.07, 6.45) is -2.10. The lowest BCUT2D eigenvalue weighted by atomic mass is 10.3. The van der Waals surface area contributed by atoms with E-state index in [-0.39, 0.29) is 0 Å². The zero-order chi connectivity index (χ0) is 12.8. The van der Waals surface area contributed by atoms with Crippen LogP contribution in [-0.4, -0.2) is 16.9 Å². The molecule has 0 unspecified atom stereocenters. The van der Waals surface area contributed by atoms with E-state index in [0.717, 1.165) is 0 Å². The molecule has 0 aromatic heterocycles. The summed E-state index contributed by atoms with van der Waals surface area (Å²) in [6, 6.07) is 0. The summed E-state index contributed by atoms with van der Waals surface area (Å²) in [5, 5.41) is -7.34. The molecule has 0 spiro atoms. The van der Waals surface area contributed by atoms with Crippen molar-refractivity contribution in [3.8, 4) is 0 Å². The van der Waals surface area contributed by atoms with Gasteiger partial charge in [0.15, 0.2) is 0 Å². The highest BCUT2D eigenvalue weighted by Crippen LogP contribution is 3.05. The highest BCUT2D eigenvalue weighted by Gasteiger charge is 2.90. The molecular weight excluding hydrogens is 283 g/mol. The van der Waals surface area contributed by atoms with Crippen LogP contribution in [0, 0.1) is 0 Å². The Labute approximate surface area is 84.0 Å². The van der Waals surface area contributed by atoms with Crippen LogP contribution in [0.25, 0.3) is 0 Å². The Hall–Kier alpha value is 0.0700. The minimum Gasteiger partial charge on any atom is -0.198 e. The van der Waals surface area contributed by atoms with E-state index in [0.29, 0.717) is 0 Å². The number of thiol groups is 1. The standard InChI is InChI=1S/C4H5F9S2/c5-3(6,1-2-14)4(7,8)15(9,10,11,12)13/h14H,1-2H2.